The predicted molar refractivity (Wildman–Crippen MR) is 206 cm³/mol. The summed E-state index contributed by atoms with van der Waals surface area (Å²) in [6.45, 7) is 12.9. The Balaban J connectivity index is 1.35. The van der Waals surface area contributed by atoms with Crippen LogP contribution in [0.2, 0.25) is 0 Å². The van der Waals surface area contributed by atoms with E-state index in [0.29, 0.717) is 5.56 Å². The third-order valence-electron chi connectivity index (χ3n) is 12.8. The van der Waals surface area contributed by atoms with E-state index < -0.39 is 106 Å². The van der Waals surface area contributed by atoms with Gasteiger partial charge in [0.25, 0.3) is 0 Å². The average molecular weight is 802 g/mol. The molecule has 1 amide bonds. The number of aliphatic hydroxyl groups is 2. The van der Waals surface area contributed by atoms with E-state index >= 15 is 4.79 Å². The highest BCUT2D eigenvalue weighted by Crippen LogP contribution is 2.64. The number of aliphatic hydroxyl groups excluding tert-OH is 1. The molecule has 1 unspecified atom stereocenters. The average Bonchev–Trinajstić information content (AvgIpc) is 3.48. The van der Waals surface area contributed by atoms with Gasteiger partial charge in [-0.2, -0.15) is 5.10 Å². The largest absolute Gasteiger partial charge is 0.456 e. The fraction of sp³-hybridized carbons (Fsp3) is 0.535. The van der Waals surface area contributed by atoms with Crippen LogP contribution in [0.5, 0.6) is 0 Å². The van der Waals surface area contributed by atoms with Crippen LogP contribution in [-0.4, -0.2) is 99.6 Å². The Kier molecular flexibility index (Phi) is 10.1. The van der Waals surface area contributed by atoms with Gasteiger partial charge in [-0.25, -0.2) is 14.4 Å². The van der Waals surface area contributed by atoms with Gasteiger partial charge in [0.1, 0.15) is 35.2 Å². The molecule has 10 atom stereocenters. The zero-order valence-electron chi connectivity index (χ0n) is 33.9. The Morgan fingerprint density at radius 1 is 1.00 bits per heavy atom. The molecular formula is C43H51N3O12. The van der Waals surface area contributed by atoms with Gasteiger partial charge in [0.15, 0.2) is 11.7 Å². The number of benzene rings is 2. The van der Waals surface area contributed by atoms with Crippen molar-refractivity contribution in [2.45, 2.75) is 122 Å². The van der Waals surface area contributed by atoms with E-state index in [4.69, 9.17) is 23.7 Å². The molecule has 2 aromatic rings. The molecule has 0 aromatic heterocycles. The molecule has 2 heterocycles. The van der Waals surface area contributed by atoms with Gasteiger partial charge in [0.05, 0.1) is 30.2 Å². The fourth-order valence-electron chi connectivity index (χ4n) is 9.89. The first-order valence-corrected chi connectivity index (χ1v) is 19.5. The molecule has 2 bridgehead atoms. The minimum atomic E-state index is -2.21. The molecule has 5 aliphatic rings. The van der Waals surface area contributed by atoms with Crippen molar-refractivity contribution < 1.29 is 57.9 Å². The molecule has 3 fully saturated rings. The van der Waals surface area contributed by atoms with Crippen LogP contribution in [0.3, 0.4) is 0 Å². The van der Waals surface area contributed by atoms with Crippen molar-refractivity contribution in [1.82, 2.24) is 10.7 Å². The number of hydrazone groups is 1. The highest BCUT2D eigenvalue weighted by molar-refractivity contribution is 6.48. The predicted octanol–water partition coefficient (Wildman–Crippen LogP) is 3.87. The number of carbonyl (C=O) groups excluding carboxylic acids is 5. The van der Waals surface area contributed by atoms with Crippen LogP contribution in [0.4, 0.5) is 4.79 Å². The van der Waals surface area contributed by atoms with E-state index in [-0.39, 0.29) is 35.4 Å². The number of nitrogens with zero attached hydrogens (tertiary/aromatic N) is 1. The van der Waals surface area contributed by atoms with Crippen molar-refractivity contribution in [1.29, 1.82) is 0 Å². The highest BCUT2D eigenvalue weighted by atomic mass is 16.6. The maximum atomic E-state index is 15.1. The van der Waals surface area contributed by atoms with Crippen LogP contribution in [0.1, 0.15) is 90.2 Å². The molecule has 0 radical (unpaired) electrons. The number of amides is 1. The second kappa shape index (κ2) is 14.3. The second-order valence-electron chi connectivity index (χ2n) is 17.7. The molecule has 310 valence electrons. The molecule has 58 heavy (non-hydrogen) atoms. The van der Waals surface area contributed by atoms with Crippen LogP contribution in [-0.2, 0) is 38.1 Å². The maximum Gasteiger partial charge on any atom is 0.408 e. The second-order valence-corrected chi connectivity index (χ2v) is 17.7. The summed E-state index contributed by atoms with van der Waals surface area (Å²) in [6.07, 6.45) is -6.62. The van der Waals surface area contributed by atoms with Crippen LogP contribution in [0.15, 0.2) is 76.9 Å². The summed E-state index contributed by atoms with van der Waals surface area (Å²) in [6, 6.07) is 14.6. The monoisotopic (exact) mass is 801 g/mol. The van der Waals surface area contributed by atoms with E-state index in [1.807, 2.05) is 0 Å². The lowest BCUT2D eigenvalue weighted by Gasteiger charge is -2.66. The first kappa shape index (κ1) is 41.1. The first-order chi connectivity index (χ1) is 27.2. The lowest BCUT2D eigenvalue weighted by molar-refractivity contribution is -0.329. The number of fused-ring (bicyclic) bond motifs is 4. The van der Waals surface area contributed by atoms with E-state index in [9.17, 15) is 29.4 Å². The Morgan fingerprint density at radius 2 is 1.64 bits per heavy atom. The lowest BCUT2D eigenvalue weighted by atomic mass is 9.44. The molecule has 15 nitrogen and oxygen atoms in total. The van der Waals surface area contributed by atoms with E-state index in [1.165, 1.54) is 6.92 Å². The third kappa shape index (κ3) is 6.47. The van der Waals surface area contributed by atoms with Crippen LogP contribution in [0.25, 0.3) is 0 Å². The van der Waals surface area contributed by atoms with E-state index in [1.54, 1.807) is 109 Å². The molecule has 1 saturated heterocycles. The SMILES string of the molecule is CC(=O)O[C@@]12CO[C@@H]1CC1NN=C3C(=O)C4=C(C)[C@@H](OC(=O)[C@H](O)[C@@H](NC(=O)OC(C)(C)C)c5ccccc5)C[C@@](O)([C@@H](OC(=O)c5ccccc5)[C@H]2[C@]31C)C4(C)C. The number of alkyl carbamates (subject to hydrolysis) is 1. The maximum absolute atomic E-state index is 15.1. The standard InChI is InChI=1S/C43H51N3O12/c1-22-26(55-37(51)32(49)30(24-15-11-9-12-16-24)44-38(52)58-39(3,4)5)20-43(53)35(56-36(50)25-17-13-10-14-18-25)33-41(8)27(19-28-42(33,21-54-28)57-23(2)47)45-46-34(41)31(48)29(22)40(43,6)7/h9-18,26-28,30,32-33,35,45,49,53H,19-21H2,1-8H3,(H,44,52)/t26-,27?,28+,30-,32+,33-,35-,41+,42-,43+/m0/s1. The fourth-order valence-corrected chi connectivity index (χ4v) is 9.89. The number of ether oxygens (including phenoxy) is 5. The van der Waals surface area contributed by atoms with Gasteiger partial charge in [0, 0.05) is 36.2 Å². The molecule has 2 aromatic carbocycles. The topological polar surface area (TPSA) is 208 Å². The Morgan fingerprint density at radius 3 is 2.22 bits per heavy atom. The van der Waals surface area contributed by atoms with Gasteiger partial charge in [-0.05, 0) is 51.0 Å². The van der Waals surface area contributed by atoms with Crippen LogP contribution in [0, 0.1) is 16.7 Å². The number of hydrogen-bond donors (Lipinski definition) is 4. The van der Waals surface area contributed by atoms with Crippen molar-refractivity contribution in [3.8, 4) is 0 Å². The van der Waals surface area contributed by atoms with E-state index in [2.05, 4.69) is 15.8 Å². The summed E-state index contributed by atoms with van der Waals surface area (Å²) in [4.78, 5) is 69.4. The number of hydrogen-bond acceptors (Lipinski definition) is 14. The summed E-state index contributed by atoms with van der Waals surface area (Å²) in [5.41, 5.74) is -3.26. The van der Waals surface area contributed by atoms with Crippen LogP contribution < -0.4 is 10.7 Å². The van der Waals surface area contributed by atoms with Gasteiger partial charge in [-0.1, -0.05) is 69.3 Å². The van der Waals surface area contributed by atoms with Gasteiger partial charge < -0.3 is 44.6 Å². The molecule has 0 spiro atoms. The van der Waals surface area contributed by atoms with Crippen molar-refractivity contribution in [3.63, 3.8) is 0 Å². The molecule has 2 aliphatic heterocycles. The molecule has 3 aliphatic carbocycles. The summed E-state index contributed by atoms with van der Waals surface area (Å²) < 4.78 is 30.2. The van der Waals surface area contributed by atoms with Gasteiger partial charge in [0.2, 0.25) is 5.78 Å². The van der Waals surface area contributed by atoms with Gasteiger partial charge >= 0.3 is 24.0 Å². The third-order valence-corrected chi connectivity index (χ3v) is 12.8. The van der Waals surface area contributed by atoms with Crippen molar-refractivity contribution in [2.24, 2.45) is 21.8 Å². The molecular weight excluding hydrogens is 750 g/mol. The lowest BCUT2D eigenvalue weighted by Crippen LogP contribution is -2.81. The molecule has 15 heteroatoms. The number of Topliss-reactive ketones (excluding diaryl/α,β-unsaturated/α-hetero) is 1. The van der Waals surface area contributed by atoms with E-state index in [0.717, 1.165) is 0 Å². The zero-order chi connectivity index (χ0) is 42.2. The summed E-state index contributed by atoms with van der Waals surface area (Å²) in [5, 5.41) is 32.3. The normalized spacial score (nSPS) is 32.9. The number of nitrogens with one attached hydrogen (secondary N) is 2. The summed E-state index contributed by atoms with van der Waals surface area (Å²) >= 11 is 0. The van der Waals surface area contributed by atoms with Crippen molar-refractivity contribution in [2.75, 3.05) is 6.61 Å². The first-order valence-electron chi connectivity index (χ1n) is 19.5. The van der Waals surface area contributed by atoms with Crippen molar-refractivity contribution >= 4 is 35.5 Å². The van der Waals surface area contributed by atoms with Gasteiger partial charge in [-0.15, -0.1) is 0 Å². The molecule has 4 N–H and O–H groups in total. The van der Waals surface area contributed by atoms with Crippen LogP contribution >= 0.6 is 0 Å². The molecule has 2 saturated carbocycles. The summed E-state index contributed by atoms with van der Waals surface area (Å²) in [7, 11) is 0. The van der Waals surface area contributed by atoms with Gasteiger partial charge in [-0.3, -0.25) is 9.59 Å². The Bertz CT molecular complexity index is 2080. The number of esters is 3. The number of carbonyl (C=O) groups is 5. The minimum Gasteiger partial charge on any atom is -0.456 e. The molecule has 7 rings (SSSR count). The Labute approximate surface area is 336 Å². The minimum absolute atomic E-state index is 0.0716. The highest BCUT2D eigenvalue weighted by Gasteiger charge is 2.78. The number of ketones is 1. The quantitative estimate of drug-likeness (QED) is 0.221. The van der Waals surface area contributed by atoms with Crippen molar-refractivity contribution in [3.05, 3.63) is 82.9 Å². The summed E-state index contributed by atoms with van der Waals surface area (Å²) in [5.74, 6) is -4.26. The zero-order valence-corrected chi connectivity index (χ0v) is 33.9. The number of rotatable bonds is 8. The smallest absolute Gasteiger partial charge is 0.408 e. The Hall–Kier alpha value is -5.12.